The van der Waals surface area contributed by atoms with Gasteiger partial charge in [0.1, 0.15) is 18.4 Å². The Morgan fingerprint density at radius 1 is 0.891 bits per heavy atom. The van der Waals surface area contributed by atoms with Crippen LogP contribution in [0, 0.1) is 15.9 Å². The summed E-state index contributed by atoms with van der Waals surface area (Å²) in [6, 6.07) is 25.7. The van der Waals surface area contributed by atoms with Gasteiger partial charge in [0.2, 0.25) is 11.8 Å². The zero-order chi connectivity index (χ0) is 33.3. The Balaban J connectivity index is 1.82. The fourth-order valence-electron chi connectivity index (χ4n) is 4.79. The number of hydrogen-bond donors (Lipinski definition) is 1. The predicted octanol–water partition coefficient (Wildman–Crippen LogP) is 5.48. The summed E-state index contributed by atoms with van der Waals surface area (Å²) in [4.78, 5) is 40.0. The quantitative estimate of drug-likeness (QED) is 0.143. The molecule has 12 heteroatoms. The molecule has 0 aliphatic carbocycles. The summed E-state index contributed by atoms with van der Waals surface area (Å²) in [5.41, 5.74) is 0.607. The Morgan fingerprint density at radius 3 is 2.07 bits per heavy atom. The van der Waals surface area contributed by atoms with Gasteiger partial charge in [-0.1, -0.05) is 73.7 Å². The van der Waals surface area contributed by atoms with Crippen LogP contribution in [-0.2, 0) is 32.6 Å². The minimum absolute atomic E-state index is 0.00249. The summed E-state index contributed by atoms with van der Waals surface area (Å²) >= 11 is 0. The van der Waals surface area contributed by atoms with E-state index < -0.39 is 45.2 Å². The summed E-state index contributed by atoms with van der Waals surface area (Å²) in [6.45, 7) is 2.63. The molecular formula is C34H35FN4O6S. The number of nitrogens with one attached hydrogen (secondary N) is 1. The molecule has 0 radical (unpaired) electrons. The summed E-state index contributed by atoms with van der Waals surface area (Å²) in [7, 11) is -4.38. The van der Waals surface area contributed by atoms with E-state index in [0.29, 0.717) is 6.42 Å². The highest BCUT2D eigenvalue weighted by molar-refractivity contribution is 7.92. The molecule has 10 nitrogen and oxygen atoms in total. The number of carbonyl (C=O) groups is 2. The summed E-state index contributed by atoms with van der Waals surface area (Å²) in [6.07, 6.45) is 0.695. The molecule has 0 bridgehead atoms. The van der Waals surface area contributed by atoms with E-state index in [9.17, 15) is 28.1 Å². The SMILES string of the molecule is CC[C@@H](C)NC(=O)[C@@H](Cc1ccccc1)N(Cc1ccccc1F)C(=O)CN(c1ccc([N+](=O)[O-])cc1)S(=O)(=O)c1ccccc1. The van der Waals surface area contributed by atoms with Gasteiger partial charge in [-0.25, -0.2) is 12.8 Å². The number of rotatable bonds is 14. The first-order valence-electron chi connectivity index (χ1n) is 14.7. The van der Waals surface area contributed by atoms with Crippen molar-refractivity contribution in [3.8, 4) is 0 Å². The van der Waals surface area contributed by atoms with E-state index in [1.54, 1.807) is 36.4 Å². The molecular weight excluding hydrogens is 611 g/mol. The highest BCUT2D eigenvalue weighted by atomic mass is 32.2. The number of carbonyl (C=O) groups excluding carboxylic acids is 2. The van der Waals surface area contributed by atoms with E-state index in [2.05, 4.69) is 5.32 Å². The molecule has 0 heterocycles. The molecule has 4 aromatic rings. The number of nitro benzene ring substituents is 1. The molecule has 4 aromatic carbocycles. The number of hydrogen-bond acceptors (Lipinski definition) is 6. The molecule has 240 valence electrons. The van der Waals surface area contributed by atoms with Gasteiger partial charge in [-0.05, 0) is 49.2 Å². The molecule has 0 saturated carbocycles. The lowest BCUT2D eigenvalue weighted by Gasteiger charge is -2.34. The van der Waals surface area contributed by atoms with Crippen molar-refractivity contribution in [2.75, 3.05) is 10.8 Å². The smallest absolute Gasteiger partial charge is 0.269 e. The van der Waals surface area contributed by atoms with E-state index in [1.807, 2.05) is 19.9 Å². The second-order valence-electron chi connectivity index (χ2n) is 10.7. The maximum Gasteiger partial charge on any atom is 0.269 e. The Morgan fingerprint density at radius 2 is 1.48 bits per heavy atom. The number of amides is 2. The third-order valence-electron chi connectivity index (χ3n) is 7.53. The van der Waals surface area contributed by atoms with E-state index in [1.165, 1.54) is 59.5 Å². The fourth-order valence-corrected chi connectivity index (χ4v) is 6.23. The van der Waals surface area contributed by atoms with Crippen molar-refractivity contribution in [2.24, 2.45) is 0 Å². The first-order valence-corrected chi connectivity index (χ1v) is 16.1. The van der Waals surface area contributed by atoms with Crippen LogP contribution in [0.3, 0.4) is 0 Å². The molecule has 0 fully saturated rings. The molecule has 0 aliphatic heterocycles. The number of halogens is 1. The lowest BCUT2D eigenvalue weighted by Crippen LogP contribution is -2.54. The first kappa shape index (κ1) is 33.8. The highest BCUT2D eigenvalue weighted by Gasteiger charge is 2.35. The van der Waals surface area contributed by atoms with Crippen molar-refractivity contribution in [2.45, 2.75) is 50.2 Å². The van der Waals surface area contributed by atoms with E-state index in [0.717, 1.165) is 22.0 Å². The van der Waals surface area contributed by atoms with E-state index >= 15 is 4.39 Å². The Labute approximate surface area is 267 Å². The van der Waals surface area contributed by atoms with Gasteiger partial charge < -0.3 is 10.2 Å². The van der Waals surface area contributed by atoms with Gasteiger partial charge in [-0.15, -0.1) is 0 Å². The molecule has 1 N–H and O–H groups in total. The minimum Gasteiger partial charge on any atom is -0.352 e. The molecule has 0 saturated heterocycles. The monoisotopic (exact) mass is 646 g/mol. The van der Waals surface area contributed by atoms with Gasteiger partial charge in [0.15, 0.2) is 0 Å². The standard InChI is InChI=1S/C34H35FN4O6S/c1-3-25(2)36-34(41)32(22-26-12-6-4-7-13-26)37(23-27-14-10-11-17-31(27)35)33(40)24-38(28-18-20-29(21-19-28)39(42)43)46(44,45)30-15-8-5-9-16-30/h4-21,25,32H,3,22-24H2,1-2H3,(H,36,41)/t25-,32-/m1/s1. The average molecular weight is 647 g/mol. The zero-order valence-corrected chi connectivity index (χ0v) is 26.3. The van der Waals surface area contributed by atoms with Crippen molar-refractivity contribution in [3.63, 3.8) is 0 Å². The Hall–Kier alpha value is -5.10. The van der Waals surface area contributed by atoms with Crippen LogP contribution in [-0.4, -0.2) is 48.7 Å². The van der Waals surface area contributed by atoms with Gasteiger partial charge in [0, 0.05) is 36.7 Å². The third-order valence-corrected chi connectivity index (χ3v) is 9.32. The maximum atomic E-state index is 15.0. The first-order chi connectivity index (χ1) is 22.0. The van der Waals surface area contributed by atoms with Crippen LogP contribution in [0.25, 0.3) is 0 Å². The van der Waals surface area contributed by atoms with Gasteiger partial charge in [0.25, 0.3) is 15.7 Å². The summed E-state index contributed by atoms with van der Waals surface area (Å²) < 4.78 is 43.8. The van der Waals surface area contributed by atoms with Crippen molar-refractivity contribution >= 4 is 33.2 Å². The lowest BCUT2D eigenvalue weighted by atomic mass is 10.0. The molecule has 0 aliphatic rings. The van der Waals surface area contributed by atoms with Gasteiger partial charge in [-0.3, -0.25) is 24.0 Å². The third kappa shape index (κ3) is 8.33. The van der Waals surface area contributed by atoms with Crippen molar-refractivity contribution in [1.82, 2.24) is 10.2 Å². The fraction of sp³-hybridized carbons (Fsp3) is 0.235. The van der Waals surface area contributed by atoms with Gasteiger partial charge in [0.05, 0.1) is 15.5 Å². The Bertz CT molecular complexity index is 1760. The molecule has 0 aromatic heterocycles. The van der Waals surface area contributed by atoms with Crippen LogP contribution in [0.15, 0.2) is 114 Å². The van der Waals surface area contributed by atoms with Crippen LogP contribution in [0.5, 0.6) is 0 Å². The molecule has 2 atom stereocenters. The van der Waals surface area contributed by atoms with Crippen LogP contribution in [0.1, 0.15) is 31.4 Å². The number of nitro groups is 1. The average Bonchev–Trinajstić information content (AvgIpc) is 3.06. The summed E-state index contributed by atoms with van der Waals surface area (Å²) in [5.74, 6) is -1.85. The van der Waals surface area contributed by atoms with Gasteiger partial charge >= 0.3 is 0 Å². The zero-order valence-electron chi connectivity index (χ0n) is 25.5. The van der Waals surface area contributed by atoms with Crippen LogP contribution < -0.4 is 9.62 Å². The van der Waals surface area contributed by atoms with Crippen LogP contribution in [0.2, 0.25) is 0 Å². The van der Waals surface area contributed by atoms with Gasteiger partial charge in [-0.2, -0.15) is 0 Å². The number of benzene rings is 4. The minimum atomic E-state index is -4.38. The maximum absolute atomic E-state index is 15.0. The number of non-ortho nitro benzene ring substituents is 1. The number of nitrogens with zero attached hydrogens (tertiary/aromatic N) is 3. The molecule has 0 unspecified atom stereocenters. The van der Waals surface area contributed by atoms with Crippen LogP contribution in [0.4, 0.5) is 15.8 Å². The van der Waals surface area contributed by atoms with Crippen molar-refractivity contribution in [3.05, 3.63) is 136 Å². The molecule has 4 rings (SSSR count). The number of anilines is 1. The van der Waals surface area contributed by atoms with Crippen LogP contribution >= 0.6 is 0 Å². The number of sulfonamides is 1. The molecule has 46 heavy (non-hydrogen) atoms. The topological polar surface area (TPSA) is 130 Å². The second-order valence-corrected chi connectivity index (χ2v) is 12.6. The van der Waals surface area contributed by atoms with E-state index in [-0.39, 0.29) is 40.8 Å². The molecule has 0 spiro atoms. The highest BCUT2D eigenvalue weighted by Crippen LogP contribution is 2.27. The lowest BCUT2D eigenvalue weighted by molar-refractivity contribution is -0.384. The molecule has 2 amide bonds. The van der Waals surface area contributed by atoms with Crippen molar-refractivity contribution < 1.29 is 27.3 Å². The largest absolute Gasteiger partial charge is 0.352 e. The Kier molecular flexibility index (Phi) is 11.2. The summed E-state index contributed by atoms with van der Waals surface area (Å²) in [5, 5.41) is 14.2. The second kappa shape index (κ2) is 15.3. The normalized spacial score (nSPS) is 12.5. The van der Waals surface area contributed by atoms with E-state index in [4.69, 9.17) is 0 Å². The van der Waals surface area contributed by atoms with Crippen molar-refractivity contribution in [1.29, 1.82) is 0 Å². The predicted molar refractivity (Wildman–Crippen MR) is 173 cm³/mol.